The third kappa shape index (κ3) is 4.58. The first kappa shape index (κ1) is 25.3. The maximum Gasteiger partial charge on any atom is 0.306 e. The van der Waals surface area contributed by atoms with Crippen LogP contribution < -0.4 is 11.1 Å². The lowest BCUT2D eigenvalue weighted by Gasteiger charge is -2.24. The number of carbonyl (C=O) groups excluding carboxylic acids is 1. The molecule has 0 saturated carbocycles. The van der Waals surface area contributed by atoms with Crippen LogP contribution in [0, 0.1) is 6.92 Å². The van der Waals surface area contributed by atoms with Crippen molar-refractivity contribution < 1.29 is 19.7 Å². The van der Waals surface area contributed by atoms with Crippen molar-refractivity contribution in [2.45, 2.75) is 51.6 Å². The van der Waals surface area contributed by atoms with E-state index < -0.39 is 17.4 Å². The highest BCUT2D eigenvalue weighted by atomic mass is 16.5. The molecule has 2 aromatic heterocycles. The second-order valence-electron chi connectivity index (χ2n) is 9.81. The summed E-state index contributed by atoms with van der Waals surface area (Å²) in [5, 5.41) is 21.4. The zero-order valence-electron chi connectivity index (χ0n) is 21.4. The Labute approximate surface area is 219 Å². The number of para-hydroxylation sites is 1. The van der Waals surface area contributed by atoms with Crippen molar-refractivity contribution in [1.82, 2.24) is 9.13 Å². The Bertz CT molecular complexity index is 1650. The number of phenolic OH excluding ortho intramolecular Hbond substituents is 1. The molecule has 0 spiro atoms. The molecule has 1 aliphatic rings. The van der Waals surface area contributed by atoms with Gasteiger partial charge in [-0.05, 0) is 67.0 Å². The molecular formula is C30H30N2O6. The highest BCUT2D eigenvalue weighted by Gasteiger charge is 2.30. The highest BCUT2D eigenvalue weighted by molar-refractivity contribution is 5.84. The molecule has 3 heterocycles. The monoisotopic (exact) mass is 514 g/mol. The molecule has 0 aliphatic carbocycles. The smallest absolute Gasteiger partial charge is 0.306 e. The summed E-state index contributed by atoms with van der Waals surface area (Å²) in [6, 6.07) is 15.9. The van der Waals surface area contributed by atoms with Crippen molar-refractivity contribution in [3.8, 4) is 11.5 Å². The first-order chi connectivity index (χ1) is 18.3. The van der Waals surface area contributed by atoms with Gasteiger partial charge >= 0.3 is 5.97 Å². The summed E-state index contributed by atoms with van der Waals surface area (Å²) in [7, 11) is 1.26. The van der Waals surface area contributed by atoms with Gasteiger partial charge in [0.1, 0.15) is 11.5 Å². The number of hydrogen-bond donors (Lipinski definition) is 2. The fourth-order valence-corrected chi connectivity index (χ4v) is 5.53. The Morgan fingerprint density at radius 2 is 1.82 bits per heavy atom. The number of pyridine rings is 2. The lowest BCUT2D eigenvalue weighted by molar-refractivity contribution is -0.140. The van der Waals surface area contributed by atoms with Crippen LogP contribution in [-0.4, -0.2) is 32.4 Å². The third-order valence-corrected chi connectivity index (χ3v) is 7.46. The number of aryl methyl sites for hydroxylation is 4. The van der Waals surface area contributed by atoms with Crippen LogP contribution in [0.3, 0.4) is 0 Å². The summed E-state index contributed by atoms with van der Waals surface area (Å²) in [4.78, 5) is 40.2. The second kappa shape index (κ2) is 10.2. The Kier molecular flexibility index (Phi) is 6.80. The van der Waals surface area contributed by atoms with Crippen molar-refractivity contribution in [2.24, 2.45) is 0 Å². The van der Waals surface area contributed by atoms with Gasteiger partial charge in [-0.25, -0.2) is 0 Å². The Morgan fingerprint density at radius 1 is 1.05 bits per heavy atom. The molecule has 38 heavy (non-hydrogen) atoms. The molecule has 0 unspecified atom stereocenters. The molecule has 0 saturated heterocycles. The SMILES string of the molecule is COC(=O)C[C@@H](c1c(O)cc(C)n(CCc2ccc(O)cc2)c1=O)c1cc2cccc3c2n(c1=O)CCC3. The number of aromatic hydroxyl groups is 2. The average molecular weight is 515 g/mol. The second-order valence-corrected chi connectivity index (χ2v) is 9.81. The van der Waals surface area contributed by atoms with Gasteiger partial charge in [-0.1, -0.05) is 30.3 Å². The fraction of sp³-hybridized carbons (Fsp3) is 0.300. The molecule has 5 rings (SSSR count). The minimum atomic E-state index is -0.985. The van der Waals surface area contributed by atoms with Gasteiger partial charge in [0.2, 0.25) is 0 Å². The lowest BCUT2D eigenvalue weighted by Crippen LogP contribution is -2.33. The standard InChI is InChI=1S/C30H30N2O6/c1-18-15-25(34)27(30(37)31(18)14-12-19-8-10-22(33)11-9-19)23(17-26(35)38-2)24-16-21-6-3-5-20-7-4-13-32(28(20)21)29(24)36/h3,5-6,8-11,15-16,23,33-34H,4,7,12-14,17H2,1-2H3/t23-/m1/s1. The van der Waals surface area contributed by atoms with Gasteiger partial charge in [-0.2, -0.15) is 0 Å². The zero-order valence-corrected chi connectivity index (χ0v) is 21.4. The number of rotatable bonds is 7. The number of esters is 1. The highest BCUT2D eigenvalue weighted by Crippen LogP contribution is 2.34. The van der Waals surface area contributed by atoms with E-state index in [0.29, 0.717) is 25.2 Å². The summed E-state index contributed by atoms with van der Waals surface area (Å²) in [6.07, 6.45) is 1.95. The summed E-state index contributed by atoms with van der Waals surface area (Å²) in [5.41, 5.74) is 3.02. The number of ether oxygens (including phenoxy) is 1. The van der Waals surface area contributed by atoms with E-state index in [2.05, 4.69) is 0 Å². The quantitative estimate of drug-likeness (QED) is 0.363. The van der Waals surface area contributed by atoms with E-state index in [1.165, 1.54) is 13.2 Å². The van der Waals surface area contributed by atoms with Crippen LogP contribution >= 0.6 is 0 Å². The Hall–Kier alpha value is -4.33. The molecule has 2 N–H and O–H groups in total. The molecule has 2 aromatic carbocycles. The van der Waals surface area contributed by atoms with Crippen LogP contribution in [0.5, 0.6) is 11.5 Å². The molecule has 0 amide bonds. The number of methoxy groups -OCH3 is 1. The van der Waals surface area contributed by atoms with Crippen LogP contribution in [0.4, 0.5) is 0 Å². The van der Waals surface area contributed by atoms with Crippen LogP contribution in [0.15, 0.2) is 64.2 Å². The number of benzene rings is 2. The number of nitrogens with zero attached hydrogens (tertiary/aromatic N) is 2. The number of phenols is 1. The number of hydrogen-bond acceptors (Lipinski definition) is 6. The maximum atomic E-state index is 13.9. The van der Waals surface area contributed by atoms with Gasteiger partial charge in [0.05, 0.1) is 24.6 Å². The van der Waals surface area contributed by atoms with Crippen molar-refractivity contribution in [3.63, 3.8) is 0 Å². The van der Waals surface area contributed by atoms with E-state index >= 15 is 0 Å². The first-order valence-electron chi connectivity index (χ1n) is 12.7. The minimum absolute atomic E-state index is 0.00270. The molecule has 8 nitrogen and oxygen atoms in total. The van der Waals surface area contributed by atoms with Gasteiger partial charge in [-0.3, -0.25) is 14.4 Å². The van der Waals surface area contributed by atoms with E-state index in [4.69, 9.17) is 4.74 Å². The summed E-state index contributed by atoms with van der Waals surface area (Å²) in [5.74, 6) is -1.67. The fourth-order valence-electron chi connectivity index (χ4n) is 5.53. The van der Waals surface area contributed by atoms with Crippen molar-refractivity contribution in [2.75, 3.05) is 7.11 Å². The molecule has 0 fully saturated rings. The normalized spacial score (nSPS) is 13.4. The van der Waals surface area contributed by atoms with Gasteiger partial charge in [0.15, 0.2) is 0 Å². The molecule has 0 bridgehead atoms. The summed E-state index contributed by atoms with van der Waals surface area (Å²) < 4.78 is 8.20. The minimum Gasteiger partial charge on any atom is -0.508 e. The molecule has 1 atom stereocenters. The van der Waals surface area contributed by atoms with Gasteiger partial charge in [0, 0.05) is 30.3 Å². The van der Waals surface area contributed by atoms with E-state index in [-0.39, 0.29) is 34.6 Å². The van der Waals surface area contributed by atoms with Crippen LogP contribution in [0.2, 0.25) is 0 Å². The first-order valence-corrected chi connectivity index (χ1v) is 12.7. The van der Waals surface area contributed by atoms with E-state index in [0.717, 1.165) is 34.9 Å². The van der Waals surface area contributed by atoms with Gasteiger partial charge in [-0.15, -0.1) is 0 Å². The van der Waals surface area contributed by atoms with Crippen LogP contribution in [-0.2, 0) is 35.5 Å². The summed E-state index contributed by atoms with van der Waals surface area (Å²) in [6.45, 7) is 2.59. The molecule has 1 aliphatic heterocycles. The average Bonchev–Trinajstić information content (AvgIpc) is 2.90. The molecule has 196 valence electrons. The molecule has 8 heteroatoms. The maximum absolute atomic E-state index is 13.9. The van der Waals surface area contributed by atoms with Crippen LogP contribution in [0.25, 0.3) is 10.9 Å². The Morgan fingerprint density at radius 3 is 2.55 bits per heavy atom. The predicted octanol–water partition coefficient (Wildman–Crippen LogP) is 3.77. The van der Waals surface area contributed by atoms with Gasteiger partial charge < -0.3 is 24.1 Å². The molecule has 0 radical (unpaired) electrons. The van der Waals surface area contributed by atoms with E-state index in [1.54, 1.807) is 46.4 Å². The Balaban J connectivity index is 1.66. The molecular weight excluding hydrogens is 484 g/mol. The lowest BCUT2D eigenvalue weighted by atomic mass is 9.87. The predicted molar refractivity (Wildman–Crippen MR) is 144 cm³/mol. The van der Waals surface area contributed by atoms with E-state index in [9.17, 15) is 24.6 Å². The topological polar surface area (TPSA) is 111 Å². The third-order valence-electron chi connectivity index (χ3n) is 7.46. The largest absolute Gasteiger partial charge is 0.508 e. The zero-order chi connectivity index (χ0) is 27.0. The van der Waals surface area contributed by atoms with Crippen molar-refractivity contribution in [1.29, 1.82) is 0 Å². The number of carbonyl (C=O) groups is 1. The summed E-state index contributed by atoms with van der Waals surface area (Å²) >= 11 is 0. The molecule has 4 aromatic rings. The van der Waals surface area contributed by atoms with Crippen molar-refractivity contribution >= 4 is 16.9 Å². The van der Waals surface area contributed by atoms with Crippen molar-refractivity contribution in [3.05, 3.63) is 103 Å². The van der Waals surface area contributed by atoms with Crippen LogP contribution in [0.1, 0.15) is 46.7 Å². The van der Waals surface area contributed by atoms with E-state index in [1.807, 2.05) is 18.2 Å². The van der Waals surface area contributed by atoms with Gasteiger partial charge in [0.25, 0.3) is 11.1 Å². The number of aromatic nitrogens is 2.